The van der Waals surface area contributed by atoms with Gasteiger partial charge in [0.15, 0.2) is 0 Å². The summed E-state index contributed by atoms with van der Waals surface area (Å²) in [6, 6.07) is 3.18. The molecule has 1 aromatic carbocycles. The number of nitrogen functional groups attached to an aromatic ring is 1. The van der Waals surface area contributed by atoms with Gasteiger partial charge >= 0.3 is 0 Å². The standard InChI is InChI=1S/C13H15Br2N3O2S/c1-2-3-17-4-6-18(7-5-17)21(19,20)13-11(14)8-10(16)9-12(13)15/h1,8-9H,3-7,16H2. The van der Waals surface area contributed by atoms with Gasteiger partial charge in [-0.2, -0.15) is 4.31 Å². The van der Waals surface area contributed by atoms with Gasteiger partial charge in [-0.1, -0.05) is 5.92 Å². The number of sulfonamides is 1. The molecule has 8 heteroatoms. The van der Waals surface area contributed by atoms with Crippen molar-refractivity contribution in [2.75, 3.05) is 38.5 Å². The Hall–Kier alpha value is -0.590. The van der Waals surface area contributed by atoms with Gasteiger partial charge in [0.2, 0.25) is 10.0 Å². The van der Waals surface area contributed by atoms with E-state index in [0.29, 0.717) is 47.4 Å². The number of halogens is 2. The second kappa shape index (κ2) is 6.67. The molecular formula is C13H15Br2N3O2S. The summed E-state index contributed by atoms with van der Waals surface area (Å²) in [4.78, 5) is 2.26. The molecule has 1 aliphatic rings. The molecule has 0 aromatic heterocycles. The summed E-state index contributed by atoms with van der Waals surface area (Å²) in [7, 11) is -3.57. The van der Waals surface area contributed by atoms with E-state index >= 15 is 0 Å². The fraction of sp³-hybridized carbons (Fsp3) is 0.385. The Morgan fingerprint density at radius 1 is 1.19 bits per heavy atom. The molecule has 1 aliphatic heterocycles. The third kappa shape index (κ3) is 3.60. The molecule has 2 rings (SSSR count). The Morgan fingerprint density at radius 3 is 2.19 bits per heavy atom. The van der Waals surface area contributed by atoms with E-state index in [0.717, 1.165) is 0 Å². The highest BCUT2D eigenvalue weighted by molar-refractivity contribution is 9.11. The van der Waals surface area contributed by atoms with Crippen LogP contribution in [-0.2, 0) is 10.0 Å². The van der Waals surface area contributed by atoms with Crippen molar-refractivity contribution in [1.82, 2.24) is 9.21 Å². The zero-order valence-corrected chi connectivity index (χ0v) is 15.2. The molecular weight excluding hydrogens is 422 g/mol. The van der Waals surface area contributed by atoms with Gasteiger partial charge < -0.3 is 5.73 Å². The maximum atomic E-state index is 12.8. The molecule has 114 valence electrons. The lowest BCUT2D eigenvalue weighted by atomic mass is 10.3. The summed E-state index contributed by atoms with van der Waals surface area (Å²) in [6.07, 6.45) is 5.28. The van der Waals surface area contributed by atoms with Crippen LogP contribution in [0.2, 0.25) is 0 Å². The molecule has 0 radical (unpaired) electrons. The highest BCUT2D eigenvalue weighted by atomic mass is 79.9. The van der Waals surface area contributed by atoms with Crippen LogP contribution >= 0.6 is 31.9 Å². The van der Waals surface area contributed by atoms with Gasteiger partial charge in [0, 0.05) is 40.8 Å². The summed E-state index contributed by atoms with van der Waals surface area (Å²) in [5.41, 5.74) is 6.20. The Morgan fingerprint density at radius 2 is 1.71 bits per heavy atom. The highest BCUT2D eigenvalue weighted by Gasteiger charge is 2.31. The van der Waals surface area contributed by atoms with E-state index in [1.54, 1.807) is 12.1 Å². The number of rotatable bonds is 3. The van der Waals surface area contributed by atoms with Crippen molar-refractivity contribution < 1.29 is 8.42 Å². The van der Waals surface area contributed by atoms with Crippen LogP contribution in [0.1, 0.15) is 0 Å². The van der Waals surface area contributed by atoms with Crippen LogP contribution in [0.25, 0.3) is 0 Å². The summed E-state index contributed by atoms with van der Waals surface area (Å²) in [6.45, 7) is 2.66. The fourth-order valence-electron chi connectivity index (χ4n) is 2.21. The predicted molar refractivity (Wildman–Crippen MR) is 90.3 cm³/mol. The number of terminal acetylenes is 1. The topological polar surface area (TPSA) is 66.6 Å². The smallest absolute Gasteiger partial charge is 0.245 e. The first kappa shape index (κ1) is 16.8. The molecule has 1 heterocycles. The summed E-state index contributed by atoms with van der Waals surface area (Å²) < 4.78 is 27.9. The van der Waals surface area contributed by atoms with Crippen molar-refractivity contribution in [3.05, 3.63) is 21.1 Å². The number of hydrogen-bond acceptors (Lipinski definition) is 4. The van der Waals surface area contributed by atoms with E-state index in [1.165, 1.54) is 4.31 Å². The molecule has 1 fully saturated rings. The molecule has 1 saturated heterocycles. The minimum atomic E-state index is -3.57. The van der Waals surface area contributed by atoms with Crippen LogP contribution in [0.5, 0.6) is 0 Å². The number of piperazine rings is 1. The highest BCUT2D eigenvalue weighted by Crippen LogP contribution is 2.34. The Labute approximate surface area is 141 Å². The summed E-state index contributed by atoms with van der Waals surface area (Å²) in [5, 5.41) is 0. The zero-order chi connectivity index (χ0) is 15.6. The zero-order valence-electron chi connectivity index (χ0n) is 11.2. The average Bonchev–Trinajstić information content (AvgIpc) is 2.38. The van der Waals surface area contributed by atoms with E-state index in [4.69, 9.17) is 12.2 Å². The third-order valence-corrected chi connectivity index (χ3v) is 7.04. The number of benzene rings is 1. The molecule has 0 aliphatic carbocycles. The van der Waals surface area contributed by atoms with Gasteiger partial charge in [0.25, 0.3) is 0 Å². The predicted octanol–water partition coefficient (Wildman–Crippen LogP) is 1.73. The van der Waals surface area contributed by atoms with E-state index in [2.05, 4.69) is 42.7 Å². The number of nitrogens with two attached hydrogens (primary N) is 1. The van der Waals surface area contributed by atoms with E-state index in [9.17, 15) is 8.42 Å². The second-order valence-corrected chi connectivity index (χ2v) is 8.28. The maximum absolute atomic E-state index is 12.8. The molecule has 1 aromatic rings. The second-order valence-electron chi connectivity index (χ2n) is 4.70. The van der Waals surface area contributed by atoms with Crippen molar-refractivity contribution in [1.29, 1.82) is 0 Å². The van der Waals surface area contributed by atoms with Gasteiger partial charge in [-0.15, -0.1) is 6.42 Å². The van der Waals surface area contributed by atoms with Crippen LogP contribution in [-0.4, -0.2) is 50.3 Å². The number of anilines is 1. The lowest BCUT2D eigenvalue weighted by Gasteiger charge is -2.33. The van der Waals surface area contributed by atoms with Crippen LogP contribution in [0.4, 0.5) is 5.69 Å². The van der Waals surface area contributed by atoms with Crippen molar-refractivity contribution in [2.24, 2.45) is 0 Å². The Bertz CT molecular complexity index is 654. The molecule has 5 nitrogen and oxygen atoms in total. The summed E-state index contributed by atoms with van der Waals surface area (Å²) in [5.74, 6) is 2.58. The van der Waals surface area contributed by atoms with Gasteiger partial charge in [-0.3, -0.25) is 4.90 Å². The lowest BCUT2D eigenvalue weighted by Crippen LogP contribution is -2.48. The normalized spacial score (nSPS) is 17.6. The van der Waals surface area contributed by atoms with Crippen molar-refractivity contribution in [2.45, 2.75) is 4.90 Å². The molecule has 0 bridgehead atoms. The largest absolute Gasteiger partial charge is 0.399 e. The van der Waals surface area contributed by atoms with Crippen molar-refractivity contribution in [3.63, 3.8) is 0 Å². The first-order valence-corrected chi connectivity index (χ1v) is 9.29. The first-order chi connectivity index (χ1) is 9.86. The van der Waals surface area contributed by atoms with Crippen LogP contribution in [0.3, 0.4) is 0 Å². The van der Waals surface area contributed by atoms with E-state index in [-0.39, 0.29) is 4.90 Å². The van der Waals surface area contributed by atoms with Gasteiger partial charge in [-0.05, 0) is 44.0 Å². The van der Waals surface area contributed by atoms with Gasteiger partial charge in [-0.25, -0.2) is 8.42 Å². The average molecular weight is 437 g/mol. The fourth-order valence-corrected chi connectivity index (χ4v) is 6.17. The minimum Gasteiger partial charge on any atom is -0.399 e. The quantitative estimate of drug-likeness (QED) is 0.578. The lowest BCUT2D eigenvalue weighted by molar-refractivity contribution is 0.207. The van der Waals surface area contributed by atoms with Gasteiger partial charge in [0.1, 0.15) is 4.90 Å². The Balaban J connectivity index is 2.27. The van der Waals surface area contributed by atoms with Crippen LogP contribution < -0.4 is 5.73 Å². The number of nitrogens with zero attached hydrogens (tertiary/aromatic N) is 2. The third-order valence-electron chi connectivity index (χ3n) is 3.26. The van der Waals surface area contributed by atoms with E-state index in [1.807, 2.05) is 0 Å². The molecule has 0 amide bonds. The SMILES string of the molecule is C#CCN1CCN(S(=O)(=O)c2c(Br)cc(N)cc2Br)CC1. The Kier molecular flexibility index (Phi) is 5.33. The molecule has 21 heavy (non-hydrogen) atoms. The van der Waals surface area contributed by atoms with Crippen LogP contribution in [0, 0.1) is 12.3 Å². The van der Waals surface area contributed by atoms with E-state index < -0.39 is 10.0 Å². The first-order valence-electron chi connectivity index (χ1n) is 6.26. The molecule has 0 atom stereocenters. The number of hydrogen-bond donors (Lipinski definition) is 1. The van der Waals surface area contributed by atoms with Crippen molar-refractivity contribution in [3.8, 4) is 12.3 Å². The van der Waals surface area contributed by atoms with Crippen molar-refractivity contribution >= 4 is 47.6 Å². The summed E-state index contributed by atoms with van der Waals surface area (Å²) >= 11 is 6.57. The monoisotopic (exact) mass is 435 g/mol. The minimum absolute atomic E-state index is 0.210. The van der Waals surface area contributed by atoms with Crippen LogP contribution in [0.15, 0.2) is 26.0 Å². The van der Waals surface area contributed by atoms with Gasteiger partial charge in [0.05, 0.1) is 6.54 Å². The molecule has 0 spiro atoms. The maximum Gasteiger partial charge on any atom is 0.245 e. The molecule has 0 saturated carbocycles. The molecule has 2 N–H and O–H groups in total. The molecule has 0 unspecified atom stereocenters.